The number of carbonyl (C=O) groups excluding carboxylic acids is 2. The lowest BCUT2D eigenvalue weighted by atomic mass is 9.92. The molecule has 4 atom stereocenters. The van der Waals surface area contributed by atoms with E-state index in [0.29, 0.717) is 39.5 Å². The number of likely N-dealkylation sites (N-methyl/N-ethyl adjacent to an activating group) is 1. The van der Waals surface area contributed by atoms with Crippen LogP contribution >= 0.6 is 0 Å². The average Bonchev–Trinajstić information content (AvgIpc) is 3.42. The van der Waals surface area contributed by atoms with Gasteiger partial charge in [0, 0.05) is 51.6 Å². The van der Waals surface area contributed by atoms with Crippen LogP contribution in [0.5, 0.6) is 0 Å². The fraction of sp³-hybridized carbons (Fsp3) is 0.650. The molecular formula is C20H27N3O4. The van der Waals surface area contributed by atoms with Crippen molar-refractivity contribution < 1.29 is 19.1 Å². The average molecular weight is 373 g/mol. The van der Waals surface area contributed by atoms with Crippen LogP contribution in [0.15, 0.2) is 24.5 Å². The standard InChI is InChI=1S/C20H27N3O4/c1-22(8-4-14-2-6-21-7-3-14)20(25)17-13-27-18-11-23(10-16(17)18)19(24)15-5-9-26-12-15/h2-3,6-7,15-18H,4-5,8-13H2,1H3/t15?,16-,17-,18+/m1/s1. The summed E-state index contributed by atoms with van der Waals surface area (Å²) in [5.41, 5.74) is 1.17. The Balaban J connectivity index is 1.32. The van der Waals surface area contributed by atoms with E-state index in [1.54, 1.807) is 17.3 Å². The summed E-state index contributed by atoms with van der Waals surface area (Å²) < 4.78 is 11.2. The van der Waals surface area contributed by atoms with Crippen LogP contribution in [0.3, 0.4) is 0 Å². The van der Waals surface area contributed by atoms with E-state index < -0.39 is 0 Å². The normalized spacial score (nSPS) is 29.7. The number of fused-ring (bicyclic) bond motifs is 1. The number of aromatic nitrogens is 1. The zero-order chi connectivity index (χ0) is 18.8. The van der Waals surface area contributed by atoms with Crippen molar-refractivity contribution >= 4 is 11.8 Å². The molecule has 0 saturated carbocycles. The molecule has 0 N–H and O–H groups in total. The summed E-state index contributed by atoms with van der Waals surface area (Å²) in [4.78, 5) is 33.3. The highest BCUT2D eigenvalue weighted by atomic mass is 16.5. The van der Waals surface area contributed by atoms with Crippen molar-refractivity contribution in [3.8, 4) is 0 Å². The molecule has 2 amide bonds. The molecule has 7 nitrogen and oxygen atoms in total. The lowest BCUT2D eigenvalue weighted by Crippen LogP contribution is -2.40. The molecule has 4 heterocycles. The van der Waals surface area contributed by atoms with Gasteiger partial charge in [-0.15, -0.1) is 0 Å². The highest BCUT2D eigenvalue weighted by Crippen LogP contribution is 2.35. The summed E-state index contributed by atoms with van der Waals surface area (Å²) in [6.07, 6.45) is 5.13. The summed E-state index contributed by atoms with van der Waals surface area (Å²) in [7, 11) is 1.85. The maximum absolute atomic E-state index is 13.0. The highest BCUT2D eigenvalue weighted by Gasteiger charge is 2.49. The van der Waals surface area contributed by atoms with E-state index in [1.807, 2.05) is 24.1 Å². The molecule has 146 valence electrons. The molecule has 1 aromatic heterocycles. The fourth-order valence-corrected chi connectivity index (χ4v) is 4.37. The van der Waals surface area contributed by atoms with Gasteiger partial charge in [0.1, 0.15) is 0 Å². The summed E-state index contributed by atoms with van der Waals surface area (Å²) in [5, 5.41) is 0. The van der Waals surface area contributed by atoms with Crippen molar-refractivity contribution in [2.24, 2.45) is 17.8 Å². The zero-order valence-corrected chi connectivity index (χ0v) is 15.8. The zero-order valence-electron chi connectivity index (χ0n) is 15.8. The first kappa shape index (κ1) is 18.4. The first-order valence-corrected chi connectivity index (χ1v) is 9.75. The summed E-state index contributed by atoms with van der Waals surface area (Å²) in [6.45, 7) is 3.53. The topological polar surface area (TPSA) is 72.0 Å². The molecule has 4 rings (SSSR count). The number of pyridine rings is 1. The van der Waals surface area contributed by atoms with Crippen molar-refractivity contribution in [3.63, 3.8) is 0 Å². The molecule has 1 unspecified atom stereocenters. The van der Waals surface area contributed by atoms with Crippen LogP contribution in [0.25, 0.3) is 0 Å². The first-order valence-electron chi connectivity index (χ1n) is 9.75. The maximum atomic E-state index is 13.0. The molecule has 0 spiro atoms. The molecule has 27 heavy (non-hydrogen) atoms. The largest absolute Gasteiger partial charge is 0.381 e. The number of nitrogens with zero attached hydrogens (tertiary/aromatic N) is 3. The first-order chi connectivity index (χ1) is 13.1. The third-order valence-corrected chi connectivity index (χ3v) is 6.09. The van der Waals surface area contributed by atoms with Crippen LogP contribution in [0.2, 0.25) is 0 Å². The Morgan fingerprint density at radius 3 is 2.81 bits per heavy atom. The molecule has 7 heteroatoms. The number of ether oxygens (including phenoxy) is 2. The quantitative estimate of drug-likeness (QED) is 0.756. The summed E-state index contributed by atoms with van der Waals surface area (Å²) in [5.74, 6) is 0.195. The van der Waals surface area contributed by atoms with Gasteiger partial charge in [-0.1, -0.05) is 0 Å². The smallest absolute Gasteiger partial charge is 0.228 e. The van der Waals surface area contributed by atoms with E-state index in [1.165, 1.54) is 5.56 Å². The number of carbonyl (C=O) groups is 2. The van der Waals surface area contributed by atoms with E-state index in [0.717, 1.165) is 12.8 Å². The predicted octanol–water partition coefficient (Wildman–Crippen LogP) is 0.592. The molecule has 0 bridgehead atoms. The Morgan fingerprint density at radius 1 is 1.26 bits per heavy atom. The van der Waals surface area contributed by atoms with Gasteiger partial charge in [-0.05, 0) is 30.5 Å². The number of hydrogen-bond donors (Lipinski definition) is 0. The summed E-state index contributed by atoms with van der Waals surface area (Å²) >= 11 is 0. The van der Waals surface area contributed by atoms with Crippen molar-refractivity contribution in [2.45, 2.75) is 18.9 Å². The Hall–Kier alpha value is -1.99. The number of likely N-dealkylation sites (tertiary alicyclic amines) is 1. The molecule has 0 aromatic carbocycles. The van der Waals surface area contributed by atoms with Crippen LogP contribution < -0.4 is 0 Å². The molecule has 3 saturated heterocycles. The minimum absolute atomic E-state index is 0.0150. The minimum atomic E-state index is -0.157. The minimum Gasteiger partial charge on any atom is -0.381 e. The summed E-state index contributed by atoms with van der Waals surface area (Å²) in [6, 6.07) is 3.94. The fourth-order valence-electron chi connectivity index (χ4n) is 4.37. The Kier molecular flexibility index (Phi) is 5.41. The molecular weight excluding hydrogens is 346 g/mol. The third-order valence-electron chi connectivity index (χ3n) is 6.09. The number of hydrogen-bond acceptors (Lipinski definition) is 5. The second kappa shape index (κ2) is 7.94. The van der Waals surface area contributed by atoms with E-state index in [9.17, 15) is 9.59 Å². The van der Waals surface area contributed by atoms with Gasteiger partial charge in [0.2, 0.25) is 11.8 Å². The lowest BCUT2D eigenvalue weighted by Gasteiger charge is -2.25. The lowest BCUT2D eigenvalue weighted by molar-refractivity contribution is -0.138. The van der Waals surface area contributed by atoms with Gasteiger partial charge >= 0.3 is 0 Å². The monoisotopic (exact) mass is 373 g/mol. The number of rotatable bonds is 5. The second-order valence-corrected chi connectivity index (χ2v) is 7.81. The number of amides is 2. The second-order valence-electron chi connectivity index (χ2n) is 7.81. The van der Waals surface area contributed by atoms with Gasteiger partial charge in [-0.25, -0.2) is 0 Å². The van der Waals surface area contributed by atoms with Crippen molar-refractivity contribution in [3.05, 3.63) is 30.1 Å². The highest BCUT2D eigenvalue weighted by molar-refractivity contribution is 5.81. The maximum Gasteiger partial charge on any atom is 0.228 e. The Bertz CT molecular complexity index is 677. The van der Waals surface area contributed by atoms with E-state index in [2.05, 4.69) is 4.98 Å². The van der Waals surface area contributed by atoms with Crippen molar-refractivity contribution in [2.75, 3.05) is 46.5 Å². The Labute approximate surface area is 159 Å². The van der Waals surface area contributed by atoms with E-state index in [-0.39, 0.29) is 35.7 Å². The van der Waals surface area contributed by atoms with Gasteiger partial charge in [0.25, 0.3) is 0 Å². The molecule has 3 aliphatic heterocycles. The molecule has 1 aromatic rings. The van der Waals surface area contributed by atoms with Crippen LogP contribution in [0.4, 0.5) is 0 Å². The van der Waals surface area contributed by atoms with Gasteiger partial charge in [-0.3, -0.25) is 14.6 Å². The van der Waals surface area contributed by atoms with E-state index in [4.69, 9.17) is 9.47 Å². The van der Waals surface area contributed by atoms with Crippen molar-refractivity contribution in [1.82, 2.24) is 14.8 Å². The van der Waals surface area contributed by atoms with E-state index >= 15 is 0 Å². The van der Waals surface area contributed by atoms with Crippen molar-refractivity contribution in [1.29, 1.82) is 0 Å². The van der Waals surface area contributed by atoms with Gasteiger partial charge in [-0.2, -0.15) is 0 Å². The van der Waals surface area contributed by atoms with Gasteiger partial charge < -0.3 is 19.3 Å². The molecule has 3 aliphatic rings. The SMILES string of the molecule is CN(CCc1ccncc1)C(=O)[C@@H]1CO[C@H]2CN(C(=O)C3CCOC3)C[C@@H]21. The van der Waals surface area contributed by atoms with Gasteiger partial charge in [0.15, 0.2) is 0 Å². The van der Waals surface area contributed by atoms with Crippen LogP contribution in [-0.2, 0) is 25.5 Å². The Morgan fingerprint density at radius 2 is 2.07 bits per heavy atom. The molecule has 0 aliphatic carbocycles. The van der Waals surface area contributed by atoms with Crippen LogP contribution in [0.1, 0.15) is 12.0 Å². The third kappa shape index (κ3) is 3.84. The van der Waals surface area contributed by atoms with Gasteiger partial charge in [0.05, 0.1) is 31.2 Å². The van der Waals surface area contributed by atoms with Crippen LogP contribution in [-0.4, -0.2) is 79.2 Å². The van der Waals surface area contributed by atoms with Crippen LogP contribution in [0, 0.1) is 17.8 Å². The molecule has 0 radical (unpaired) electrons. The predicted molar refractivity (Wildman–Crippen MR) is 97.8 cm³/mol. The molecule has 3 fully saturated rings.